The zero-order chi connectivity index (χ0) is 29.5. The Balaban J connectivity index is 1.78. The number of alkyl carbamates (subject to hydrolysis) is 1. The molecule has 0 spiro atoms. The molecule has 0 heterocycles. The lowest BCUT2D eigenvalue weighted by molar-refractivity contribution is -0.384. The molecule has 3 rings (SSSR count). The first kappa shape index (κ1) is 30.4. The standard InChI is InChI=1S/C27H28ClN3O8S/c1-27(2,3)39-26(33)29-23(15-18-9-11-20(12-10-18)38-17-19-7-5-4-6-8-19)25(32)30-40(36,37)21-13-14-22(28)24(16-21)31(34)35/h4-14,16,23H,15,17H2,1-3H3,(H,29,33)(H,30,32)/t23-/m0/s1. The molecule has 2 N–H and O–H groups in total. The number of hydrogen-bond donors (Lipinski definition) is 2. The van der Waals surface area contributed by atoms with Crippen molar-refractivity contribution in [3.05, 3.63) is 99.1 Å². The number of halogens is 1. The van der Waals surface area contributed by atoms with Crippen LogP contribution in [0.2, 0.25) is 5.02 Å². The van der Waals surface area contributed by atoms with E-state index >= 15 is 0 Å². The highest BCUT2D eigenvalue weighted by molar-refractivity contribution is 7.90. The molecule has 2 amide bonds. The Morgan fingerprint density at radius 2 is 1.65 bits per heavy atom. The molecule has 0 aliphatic rings. The van der Waals surface area contributed by atoms with Crippen LogP contribution in [0.4, 0.5) is 10.5 Å². The van der Waals surface area contributed by atoms with Gasteiger partial charge < -0.3 is 14.8 Å². The van der Waals surface area contributed by atoms with Crippen LogP contribution in [0.25, 0.3) is 0 Å². The molecule has 11 nitrogen and oxygen atoms in total. The molecule has 0 radical (unpaired) electrons. The van der Waals surface area contributed by atoms with Crippen LogP contribution >= 0.6 is 11.6 Å². The number of amides is 2. The van der Waals surface area contributed by atoms with E-state index in [2.05, 4.69) is 5.32 Å². The predicted molar refractivity (Wildman–Crippen MR) is 148 cm³/mol. The van der Waals surface area contributed by atoms with Crippen molar-refractivity contribution >= 4 is 39.3 Å². The van der Waals surface area contributed by atoms with Crippen molar-refractivity contribution in [1.82, 2.24) is 10.0 Å². The number of hydrogen-bond acceptors (Lipinski definition) is 8. The molecular formula is C27H28ClN3O8S. The van der Waals surface area contributed by atoms with E-state index in [1.165, 1.54) is 0 Å². The first-order valence-electron chi connectivity index (χ1n) is 12.0. The third-order valence-electron chi connectivity index (χ3n) is 5.28. The molecule has 0 saturated heterocycles. The lowest BCUT2D eigenvalue weighted by Crippen LogP contribution is -2.50. The van der Waals surface area contributed by atoms with E-state index in [0.29, 0.717) is 17.9 Å². The van der Waals surface area contributed by atoms with Crippen LogP contribution in [0, 0.1) is 10.1 Å². The van der Waals surface area contributed by atoms with Crippen LogP contribution in [0.3, 0.4) is 0 Å². The molecule has 1 atom stereocenters. The maximum absolute atomic E-state index is 13.1. The minimum absolute atomic E-state index is 0.0969. The minimum Gasteiger partial charge on any atom is -0.489 e. The summed E-state index contributed by atoms with van der Waals surface area (Å²) < 4.78 is 38.6. The lowest BCUT2D eigenvalue weighted by Gasteiger charge is -2.23. The topological polar surface area (TPSA) is 154 Å². The van der Waals surface area contributed by atoms with Crippen molar-refractivity contribution in [3.63, 3.8) is 0 Å². The molecule has 0 bridgehead atoms. The maximum atomic E-state index is 13.1. The van der Waals surface area contributed by atoms with E-state index in [-0.39, 0.29) is 11.4 Å². The van der Waals surface area contributed by atoms with Crippen molar-refractivity contribution in [2.45, 2.75) is 50.3 Å². The Morgan fingerprint density at radius 1 is 1.00 bits per heavy atom. The molecule has 13 heteroatoms. The Bertz CT molecular complexity index is 1470. The monoisotopic (exact) mass is 589 g/mol. The summed E-state index contributed by atoms with van der Waals surface area (Å²) in [6.07, 6.45) is -1.03. The molecule has 3 aromatic carbocycles. The van der Waals surface area contributed by atoms with Crippen LogP contribution in [0.5, 0.6) is 5.75 Å². The summed E-state index contributed by atoms with van der Waals surface area (Å²) in [6.45, 7) is 5.25. The molecular weight excluding hydrogens is 562 g/mol. The number of nitro benzene ring substituents is 1. The van der Waals surface area contributed by atoms with Crippen LogP contribution in [0.1, 0.15) is 31.9 Å². The Morgan fingerprint density at radius 3 is 2.25 bits per heavy atom. The summed E-state index contributed by atoms with van der Waals surface area (Å²) in [5, 5.41) is 13.3. The van der Waals surface area contributed by atoms with Gasteiger partial charge in [-0.2, -0.15) is 0 Å². The van der Waals surface area contributed by atoms with Gasteiger partial charge in [-0.3, -0.25) is 14.9 Å². The lowest BCUT2D eigenvalue weighted by atomic mass is 10.1. The highest BCUT2D eigenvalue weighted by Gasteiger charge is 2.29. The first-order chi connectivity index (χ1) is 18.7. The Hall–Kier alpha value is -4.16. The molecule has 0 aromatic heterocycles. The second-order valence-corrected chi connectivity index (χ2v) is 11.8. The van der Waals surface area contributed by atoms with Crippen LogP contribution in [-0.4, -0.2) is 37.0 Å². The molecule has 0 saturated carbocycles. The summed E-state index contributed by atoms with van der Waals surface area (Å²) in [6, 6.07) is 17.7. The fourth-order valence-corrected chi connectivity index (χ4v) is 4.64. The molecule has 0 fully saturated rings. The third-order valence-corrected chi connectivity index (χ3v) is 6.94. The van der Waals surface area contributed by atoms with Gasteiger partial charge in [0.25, 0.3) is 21.6 Å². The van der Waals surface area contributed by atoms with Gasteiger partial charge >= 0.3 is 6.09 Å². The average Bonchev–Trinajstić information content (AvgIpc) is 2.87. The number of benzene rings is 3. The number of nitro groups is 1. The van der Waals surface area contributed by atoms with Gasteiger partial charge in [-0.05, 0) is 56.2 Å². The van der Waals surface area contributed by atoms with Crippen molar-refractivity contribution in [1.29, 1.82) is 0 Å². The summed E-state index contributed by atoms with van der Waals surface area (Å²) in [5.41, 5.74) is 0.0480. The van der Waals surface area contributed by atoms with Crippen molar-refractivity contribution in [2.24, 2.45) is 0 Å². The van der Waals surface area contributed by atoms with Gasteiger partial charge in [0.05, 0.1) is 9.82 Å². The molecule has 212 valence electrons. The second kappa shape index (κ2) is 12.8. The smallest absolute Gasteiger partial charge is 0.408 e. The fourth-order valence-electron chi connectivity index (χ4n) is 3.42. The van der Waals surface area contributed by atoms with Gasteiger partial charge in [-0.1, -0.05) is 54.1 Å². The maximum Gasteiger partial charge on any atom is 0.408 e. The van der Waals surface area contributed by atoms with Gasteiger partial charge in [-0.25, -0.2) is 17.9 Å². The van der Waals surface area contributed by atoms with E-state index in [0.717, 1.165) is 23.8 Å². The number of carbonyl (C=O) groups is 2. The summed E-state index contributed by atoms with van der Waals surface area (Å²) in [5.74, 6) is -0.506. The van der Waals surface area contributed by atoms with E-state index in [1.54, 1.807) is 45.0 Å². The molecule has 0 unspecified atom stereocenters. The van der Waals surface area contributed by atoms with E-state index in [9.17, 15) is 28.1 Å². The minimum atomic E-state index is -4.56. The van der Waals surface area contributed by atoms with Crippen LogP contribution in [-0.2, 0) is 32.6 Å². The van der Waals surface area contributed by atoms with Gasteiger partial charge in [0, 0.05) is 12.5 Å². The van der Waals surface area contributed by atoms with E-state index in [4.69, 9.17) is 21.1 Å². The highest BCUT2D eigenvalue weighted by Crippen LogP contribution is 2.27. The Kier molecular flexibility index (Phi) is 9.72. The number of ether oxygens (including phenoxy) is 2. The SMILES string of the molecule is CC(C)(C)OC(=O)N[C@@H](Cc1ccc(OCc2ccccc2)cc1)C(=O)NS(=O)(=O)c1ccc(Cl)c([N+](=O)[O-])c1. The normalized spacial score (nSPS) is 12.2. The zero-order valence-electron chi connectivity index (χ0n) is 21.9. The average molecular weight is 590 g/mol. The summed E-state index contributed by atoms with van der Waals surface area (Å²) in [4.78, 5) is 35.3. The van der Waals surface area contributed by atoms with E-state index in [1.807, 2.05) is 35.1 Å². The van der Waals surface area contributed by atoms with Crippen molar-refractivity contribution in [3.8, 4) is 5.75 Å². The Labute approximate surface area is 236 Å². The quantitative estimate of drug-likeness (QED) is 0.253. The third kappa shape index (κ3) is 8.95. The van der Waals surface area contributed by atoms with Gasteiger partial charge in [0.15, 0.2) is 0 Å². The number of rotatable bonds is 10. The van der Waals surface area contributed by atoms with E-state index < -0.39 is 49.2 Å². The summed E-state index contributed by atoms with van der Waals surface area (Å²) in [7, 11) is -4.56. The highest BCUT2D eigenvalue weighted by atomic mass is 35.5. The molecule has 0 aliphatic heterocycles. The van der Waals surface area contributed by atoms with Gasteiger partial charge in [-0.15, -0.1) is 0 Å². The number of nitrogens with one attached hydrogen (secondary N) is 2. The first-order valence-corrected chi connectivity index (χ1v) is 13.9. The second-order valence-electron chi connectivity index (χ2n) is 9.66. The predicted octanol–water partition coefficient (Wildman–Crippen LogP) is 4.77. The number of nitrogens with zero attached hydrogens (tertiary/aromatic N) is 1. The molecule has 3 aromatic rings. The van der Waals surface area contributed by atoms with Crippen LogP contribution < -0.4 is 14.8 Å². The summed E-state index contributed by atoms with van der Waals surface area (Å²) >= 11 is 5.77. The van der Waals surface area contributed by atoms with Gasteiger partial charge in [0.2, 0.25) is 0 Å². The number of sulfonamides is 1. The van der Waals surface area contributed by atoms with Crippen molar-refractivity contribution < 1.29 is 32.4 Å². The number of carbonyl (C=O) groups excluding carboxylic acids is 2. The van der Waals surface area contributed by atoms with Crippen LogP contribution in [0.15, 0.2) is 77.7 Å². The fraction of sp³-hybridized carbons (Fsp3) is 0.259. The zero-order valence-corrected chi connectivity index (χ0v) is 23.5. The van der Waals surface area contributed by atoms with Gasteiger partial charge in [0.1, 0.15) is 29.0 Å². The largest absolute Gasteiger partial charge is 0.489 e. The molecule has 40 heavy (non-hydrogen) atoms. The molecule has 0 aliphatic carbocycles. The van der Waals surface area contributed by atoms with Crippen molar-refractivity contribution in [2.75, 3.05) is 0 Å².